The zero-order valence-electron chi connectivity index (χ0n) is 16.2. The number of hydrogen-bond donors (Lipinski definition) is 0. The van der Waals surface area contributed by atoms with Crippen LogP contribution in [0.4, 0.5) is 0 Å². The minimum atomic E-state index is 0.132. The minimum absolute atomic E-state index is 0.132. The van der Waals surface area contributed by atoms with Gasteiger partial charge in [-0.3, -0.25) is 0 Å². The van der Waals surface area contributed by atoms with Crippen molar-refractivity contribution < 1.29 is 14.2 Å². The molecule has 3 aromatic rings. The molecule has 0 aliphatic rings. The van der Waals surface area contributed by atoms with E-state index in [4.69, 9.17) is 25.8 Å². The first-order valence-electron chi connectivity index (χ1n) is 8.98. The molecule has 0 saturated heterocycles. The molecule has 1 aromatic carbocycles. The quantitative estimate of drug-likeness (QED) is 0.399. The molecule has 3 rings (SSSR count). The van der Waals surface area contributed by atoms with E-state index >= 15 is 0 Å². The van der Waals surface area contributed by atoms with E-state index in [1.165, 1.54) is 0 Å². The molecule has 0 amide bonds. The molecule has 0 radical (unpaired) electrons. The summed E-state index contributed by atoms with van der Waals surface area (Å²) in [5, 5.41) is 0.320. The molecule has 0 spiro atoms. The summed E-state index contributed by atoms with van der Waals surface area (Å²) >= 11 is 6.21. The Bertz CT molecular complexity index is 909. The molecular weight excluding hydrogens is 376 g/mol. The zero-order chi connectivity index (χ0) is 19.9. The van der Waals surface area contributed by atoms with Gasteiger partial charge in [0.2, 0.25) is 5.88 Å². The van der Waals surface area contributed by atoms with E-state index in [1.807, 2.05) is 49.4 Å². The fourth-order valence-corrected chi connectivity index (χ4v) is 3.09. The molecule has 0 aliphatic heterocycles. The molecule has 0 fully saturated rings. The van der Waals surface area contributed by atoms with E-state index in [1.54, 1.807) is 13.2 Å². The first-order chi connectivity index (χ1) is 13.6. The average molecular weight is 399 g/mol. The molecule has 5 nitrogen and oxygen atoms in total. The van der Waals surface area contributed by atoms with Crippen molar-refractivity contribution in [2.45, 2.75) is 26.9 Å². The van der Waals surface area contributed by atoms with Gasteiger partial charge in [-0.2, -0.15) is 0 Å². The Labute approximate surface area is 170 Å². The molecule has 6 heteroatoms. The predicted octanol–water partition coefficient (Wildman–Crippen LogP) is 4.90. The summed E-state index contributed by atoms with van der Waals surface area (Å²) in [5.41, 5.74) is 5.09. The zero-order valence-corrected chi connectivity index (χ0v) is 17.0. The van der Waals surface area contributed by atoms with Crippen LogP contribution in [0.2, 0.25) is 5.15 Å². The Morgan fingerprint density at radius 2 is 1.75 bits per heavy atom. The molecule has 0 unspecified atom stereocenters. The number of methoxy groups -OCH3 is 1. The largest absolute Gasteiger partial charge is 0.473 e. The summed E-state index contributed by atoms with van der Waals surface area (Å²) in [6.07, 6.45) is 0.633. The lowest BCUT2D eigenvalue weighted by atomic mass is 10.0. The first-order valence-corrected chi connectivity index (χ1v) is 9.35. The van der Waals surface area contributed by atoms with Crippen LogP contribution in [0.3, 0.4) is 0 Å². The Kier molecular flexibility index (Phi) is 6.85. The fraction of sp³-hybridized carbons (Fsp3) is 0.273. The second-order valence-electron chi connectivity index (χ2n) is 6.43. The van der Waals surface area contributed by atoms with Crippen molar-refractivity contribution in [1.29, 1.82) is 0 Å². The van der Waals surface area contributed by atoms with Crippen LogP contribution in [-0.2, 0) is 17.8 Å². The molecule has 146 valence electrons. The smallest absolute Gasteiger partial charge is 0.214 e. The Morgan fingerprint density at radius 1 is 0.964 bits per heavy atom. The molecule has 0 saturated carbocycles. The van der Waals surface area contributed by atoms with Crippen LogP contribution in [0.1, 0.15) is 28.1 Å². The van der Waals surface area contributed by atoms with Gasteiger partial charge in [-0.1, -0.05) is 41.9 Å². The number of pyridine rings is 2. The number of hydrogen-bond acceptors (Lipinski definition) is 5. The average Bonchev–Trinajstić information content (AvgIpc) is 2.69. The van der Waals surface area contributed by atoms with Gasteiger partial charge in [-0.05, 0) is 42.7 Å². The van der Waals surface area contributed by atoms with Crippen molar-refractivity contribution in [2.75, 3.05) is 13.9 Å². The number of benzene rings is 1. The highest BCUT2D eigenvalue weighted by Gasteiger charge is 2.12. The third-order valence-corrected chi connectivity index (χ3v) is 4.59. The van der Waals surface area contributed by atoms with Crippen molar-refractivity contribution in [3.63, 3.8) is 0 Å². The summed E-state index contributed by atoms with van der Waals surface area (Å²) in [4.78, 5) is 9.03. The second-order valence-corrected chi connectivity index (χ2v) is 6.79. The van der Waals surface area contributed by atoms with Gasteiger partial charge in [0.05, 0.1) is 0 Å². The fourth-order valence-electron chi connectivity index (χ4n) is 2.86. The molecule has 0 aliphatic carbocycles. The summed E-state index contributed by atoms with van der Waals surface area (Å²) in [5.74, 6) is 1.13. The van der Waals surface area contributed by atoms with Gasteiger partial charge in [-0.15, -0.1) is 0 Å². The van der Waals surface area contributed by atoms with Gasteiger partial charge in [-0.25, -0.2) is 9.97 Å². The Hall–Kier alpha value is -2.63. The first kappa shape index (κ1) is 20.1. The molecular formula is C22H23ClN2O3. The third-order valence-electron chi connectivity index (χ3n) is 4.32. The van der Waals surface area contributed by atoms with E-state index in [0.29, 0.717) is 29.8 Å². The highest BCUT2D eigenvalue weighted by molar-refractivity contribution is 6.30. The van der Waals surface area contributed by atoms with E-state index in [0.717, 1.165) is 28.1 Å². The predicted molar refractivity (Wildman–Crippen MR) is 109 cm³/mol. The molecule has 0 atom stereocenters. The van der Waals surface area contributed by atoms with Crippen molar-refractivity contribution in [2.24, 2.45) is 0 Å². The SMILES string of the molecule is COCOc1ccc(Cc2c(C)cc(OCc3ccccc3)nc2C)nc1Cl. The molecule has 0 bridgehead atoms. The monoisotopic (exact) mass is 398 g/mol. The number of ether oxygens (including phenoxy) is 3. The maximum Gasteiger partial charge on any atom is 0.214 e. The summed E-state index contributed by atoms with van der Waals surface area (Å²) in [6.45, 7) is 4.66. The normalized spacial score (nSPS) is 10.7. The molecule has 28 heavy (non-hydrogen) atoms. The third kappa shape index (κ3) is 5.21. The molecule has 2 aromatic heterocycles. The maximum atomic E-state index is 6.21. The number of halogens is 1. The van der Waals surface area contributed by atoms with Crippen LogP contribution < -0.4 is 9.47 Å². The van der Waals surface area contributed by atoms with Gasteiger partial charge in [0.15, 0.2) is 17.7 Å². The highest BCUT2D eigenvalue weighted by Crippen LogP contribution is 2.25. The lowest BCUT2D eigenvalue weighted by molar-refractivity contribution is 0.0509. The number of rotatable bonds is 8. The number of nitrogens with zero attached hydrogens (tertiary/aromatic N) is 2. The van der Waals surface area contributed by atoms with Gasteiger partial charge in [0.25, 0.3) is 0 Å². The van der Waals surface area contributed by atoms with Gasteiger partial charge < -0.3 is 14.2 Å². The Morgan fingerprint density at radius 3 is 2.43 bits per heavy atom. The van der Waals surface area contributed by atoms with E-state index < -0.39 is 0 Å². The standard InChI is InChI=1S/C22H23ClN2O3/c1-15-11-21(27-13-17-7-5-4-6-8-17)24-16(2)19(15)12-18-9-10-20(22(23)25-18)28-14-26-3/h4-11H,12-14H2,1-3H3. The lowest BCUT2D eigenvalue weighted by Gasteiger charge is -2.13. The molecule has 2 heterocycles. The number of aromatic nitrogens is 2. The summed E-state index contributed by atoms with van der Waals surface area (Å²) < 4.78 is 16.1. The van der Waals surface area contributed by atoms with Crippen molar-refractivity contribution in [3.8, 4) is 11.6 Å². The highest BCUT2D eigenvalue weighted by atomic mass is 35.5. The van der Waals surface area contributed by atoms with Crippen LogP contribution in [0.25, 0.3) is 0 Å². The van der Waals surface area contributed by atoms with Gasteiger partial charge in [0.1, 0.15) is 6.61 Å². The van der Waals surface area contributed by atoms with Crippen molar-refractivity contribution >= 4 is 11.6 Å². The van der Waals surface area contributed by atoms with Gasteiger partial charge in [0, 0.05) is 31.0 Å². The maximum absolute atomic E-state index is 6.21. The van der Waals surface area contributed by atoms with Gasteiger partial charge >= 0.3 is 0 Å². The minimum Gasteiger partial charge on any atom is -0.473 e. The Balaban J connectivity index is 1.71. The second kappa shape index (κ2) is 9.53. The number of aryl methyl sites for hydroxylation is 2. The lowest BCUT2D eigenvalue weighted by Crippen LogP contribution is -2.05. The molecule has 0 N–H and O–H groups in total. The van der Waals surface area contributed by atoms with Crippen molar-refractivity contribution in [3.05, 3.63) is 81.8 Å². The van der Waals surface area contributed by atoms with Crippen LogP contribution in [0, 0.1) is 13.8 Å². The van der Waals surface area contributed by atoms with E-state index in [2.05, 4.69) is 16.9 Å². The summed E-state index contributed by atoms with van der Waals surface area (Å²) in [7, 11) is 1.56. The summed E-state index contributed by atoms with van der Waals surface area (Å²) in [6, 6.07) is 15.7. The van der Waals surface area contributed by atoms with E-state index in [9.17, 15) is 0 Å². The van der Waals surface area contributed by atoms with Crippen LogP contribution >= 0.6 is 11.6 Å². The van der Waals surface area contributed by atoms with Crippen LogP contribution in [0.5, 0.6) is 11.6 Å². The van der Waals surface area contributed by atoms with Crippen LogP contribution in [-0.4, -0.2) is 23.9 Å². The van der Waals surface area contributed by atoms with E-state index in [-0.39, 0.29) is 6.79 Å². The van der Waals surface area contributed by atoms with Crippen molar-refractivity contribution in [1.82, 2.24) is 9.97 Å². The topological polar surface area (TPSA) is 53.5 Å². The van der Waals surface area contributed by atoms with Crippen LogP contribution in [0.15, 0.2) is 48.5 Å².